The van der Waals surface area contributed by atoms with Crippen LogP contribution in [0.4, 0.5) is 5.69 Å². The molecule has 1 aromatic carbocycles. The van der Waals surface area contributed by atoms with Crippen LogP contribution < -0.4 is 10.2 Å². The Labute approximate surface area is 97.5 Å². The Morgan fingerprint density at radius 3 is 2.44 bits per heavy atom. The van der Waals surface area contributed by atoms with Crippen molar-refractivity contribution in [3.8, 4) is 0 Å². The Balaban J connectivity index is 2.71. The summed E-state index contributed by atoms with van der Waals surface area (Å²) in [5.74, 6) is 0. The van der Waals surface area contributed by atoms with Gasteiger partial charge in [0.05, 0.1) is 5.69 Å². The molecule has 0 atom stereocenters. The van der Waals surface area contributed by atoms with Crippen LogP contribution in [0.25, 0.3) is 10.9 Å². The number of nitrogens with zero attached hydrogens (tertiary/aromatic N) is 2. The topological polar surface area (TPSA) is 31.9 Å². The summed E-state index contributed by atoms with van der Waals surface area (Å²) in [6.07, 6.45) is 0. The predicted molar refractivity (Wildman–Crippen MR) is 73.4 cm³/mol. The molecule has 0 aliphatic rings. The van der Waals surface area contributed by atoms with Crippen molar-refractivity contribution in [1.29, 1.82) is 0 Å². The number of hydrogen-bond acceptors (Lipinski definition) is 2. The zero-order valence-corrected chi connectivity index (χ0v) is 11.6. The van der Waals surface area contributed by atoms with Gasteiger partial charge in [0, 0.05) is 24.8 Å². The summed E-state index contributed by atoms with van der Waals surface area (Å²) < 4.78 is 0. The number of aromatic nitrogens is 2. The van der Waals surface area contributed by atoms with Gasteiger partial charge in [-0.3, -0.25) is 5.10 Å². The van der Waals surface area contributed by atoms with E-state index < -0.39 is 8.07 Å². The fraction of sp³-hybridized carbons (Fsp3) is 0.417. The Morgan fingerprint density at radius 2 is 1.88 bits per heavy atom. The number of benzene rings is 1. The van der Waals surface area contributed by atoms with Crippen molar-refractivity contribution in [2.24, 2.45) is 0 Å². The van der Waals surface area contributed by atoms with Gasteiger partial charge in [0.15, 0.2) is 0 Å². The number of nitrogens with one attached hydrogen (secondary N) is 1. The monoisotopic (exact) mass is 233 g/mol. The van der Waals surface area contributed by atoms with Crippen LogP contribution >= 0.6 is 0 Å². The summed E-state index contributed by atoms with van der Waals surface area (Å²) in [5, 5.41) is 10.3. The van der Waals surface area contributed by atoms with Gasteiger partial charge in [-0.2, -0.15) is 5.10 Å². The number of aromatic amines is 1. The summed E-state index contributed by atoms with van der Waals surface area (Å²) >= 11 is 0. The highest BCUT2D eigenvalue weighted by molar-refractivity contribution is 6.89. The fourth-order valence-electron chi connectivity index (χ4n) is 1.96. The lowest BCUT2D eigenvalue weighted by molar-refractivity contribution is 1.10. The molecule has 1 N–H and O–H groups in total. The van der Waals surface area contributed by atoms with Gasteiger partial charge in [0.25, 0.3) is 0 Å². The average molecular weight is 233 g/mol. The molecule has 4 heteroatoms. The van der Waals surface area contributed by atoms with E-state index in [0.717, 1.165) is 5.52 Å². The Bertz CT molecular complexity index is 508. The SMILES string of the molecule is CN(C)c1cccc2c([Si](C)(C)C)[nH]nc12. The second-order valence-corrected chi connectivity index (χ2v) is 10.4. The van der Waals surface area contributed by atoms with E-state index >= 15 is 0 Å². The van der Waals surface area contributed by atoms with Crippen molar-refractivity contribution in [1.82, 2.24) is 10.2 Å². The van der Waals surface area contributed by atoms with Crippen LogP contribution in [0.2, 0.25) is 19.6 Å². The molecule has 0 amide bonds. The molecule has 0 aliphatic heterocycles. The van der Waals surface area contributed by atoms with Crippen molar-refractivity contribution in [3.05, 3.63) is 18.2 Å². The molecule has 16 heavy (non-hydrogen) atoms. The van der Waals surface area contributed by atoms with Crippen LogP contribution in [0, 0.1) is 0 Å². The molecular formula is C12H19N3Si. The number of fused-ring (bicyclic) bond motifs is 1. The quantitative estimate of drug-likeness (QED) is 0.806. The predicted octanol–water partition coefficient (Wildman–Crippen LogP) is 2.17. The molecule has 0 bridgehead atoms. The molecule has 0 aliphatic carbocycles. The highest BCUT2D eigenvalue weighted by Crippen LogP contribution is 2.23. The minimum absolute atomic E-state index is 1.09. The second-order valence-electron chi connectivity index (χ2n) is 5.42. The number of H-pyrrole nitrogens is 1. The highest BCUT2D eigenvalue weighted by Gasteiger charge is 2.22. The maximum absolute atomic E-state index is 4.47. The van der Waals surface area contributed by atoms with Gasteiger partial charge < -0.3 is 4.90 Å². The van der Waals surface area contributed by atoms with Crippen LogP contribution in [0.3, 0.4) is 0 Å². The van der Waals surface area contributed by atoms with Crippen LogP contribution in [0.15, 0.2) is 18.2 Å². The van der Waals surface area contributed by atoms with Gasteiger partial charge in [0.1, 0.15) is 13.6 Å². The lowest BCUT2D eigenvalue weighted by Crippen LogP contribution is -2.39. The number of hydrogen-bond donors (Lipinski definition) is 1. The third kappa shape index (κ3) is 1.73. The second kappa shape index (κ2) is 3.63. The lowest BCUT2D eigenvalue weighted by atomic mass is 10.2. The molecule has 0 saturated carbocycles. The maximum atomic E-state index is 4.47. The average Bonchev–Trinajstić information content (AvgIpc) is 2.59. The molecule has 86 valence electrons. The molecule has 0 fully saturated rings. The molecular weight excluding hydrogens is 214 g/mol. The first-order chi connectivity index (χ1) is 7.41. The minimum atomic E-state index is -1.34. The first-order valence-corrected chi connectivity index (χ1v) is 9.06. The Morgan fingerprint density at radius 1 is 1.19 bits per heavy atom. The molecule has 0 spiro atoms. The third-order valence-corrected chi connectivity index (χ3v) is 4.68. The number of rotatable bonds is 2. The molecule has 0 unspecified atom stereocenters. The van der Waals surface area contributed by atoms with Crippen LogP contribution in [-0.2, 0) is 0 Å². The number of anilines is 1. The van der Waals surface area contributed by atoms with Crippen molar-refractivity contribution < 1.29 is 0 Å². The van der Waals surface area contributed by atoms with Crippen molar-refractivity contribution in [3.63, 3.8) is 0 Å². The summed E-state index contributed by atoms with van der Waals surface area (Å²) in [5.41, 5.74) is 2.27. The smallest absolute Gasteiger partial charge is 0.115 e. The molecule has 1 heterocycles. The van der Waals surface area contributed by atoms with Gasteiger partial charge in [-0.25, -0.2) is 0 Å². The maximum Gasteiger partial charge on any atom is 0.115 e. The van der Waals surface area contributed by atoms with Gasteiger partial charge in [-0.05, 0) is 6.07 Å². The third-order valence-electron chi connectivity index (χ3n) is 2.80. The van der Waals surface area contributed by atoms with Crippen LogP contribution in [-0.4, -0.2) is 32.4 Å². The van der Waals surface area contributed by atoms with Crippen molar-refractivity contribution in [2.45, 2.75) is 19.6 Å². The molecule has 0 radical (unpaired) electrons. The molecule has 3 nitrogen and oxygen atoms in total. The van der Waals surface area contributed by atoms with E-state index in [1.54, 1.807) is 0 Å². The Kier molecular flexibility index (Phi) is 2.54. The summed E-state index contributed by atoms with van der Waals surface area (Å²) in [6, 6.07) is 6.38. The van der Waals surface area contributed by atoms with Gasteiger partial charge in [-0.15, -0.1) is 0 Å². The molecule has 1 aromatic heterocycles. The Hall–Kier alpha value is -1.29. The standard InChI is InChI=1S/C12H19N3Si/c1-15(2)10-8-6-7-9-11(10)13-14-12(9)16(3,4)5/h6-8H,1-5H3,(H,13,14). The largest absolute Gasteiger partial charge is 0.376 e. The van der Waals surface area contributed by atoms with Crippen molar-refractivity contribution >= 4 is 30.0 Å². The van der Waals surface area contributed by atoms with E-state index in [2.05, 4.69) is 67.0 Å². The van der Waals surface area contributed by atoms with E-state index in [1.807, 2.05) is 0 Å². The summed E-state index contributed by atoms with van der Waals surface area (Å²) in [4.78, 5) is 2.11. The van der Waals surface area contributed by atoms with Gasteiger partial charge >= 0.3 is 0 Å². The zero-order chi connectivity index (χ0) is 11.9. The van der Waals surface area contributed by atoms with Gasteiger partial charge in [0.2, 0.25) is 0 Å². The molecule has 2 rings (SSSR count). The first-order valence-electron chi connectivity index (χ1n) is 5.56. The molecule has 0 saturated heterocycles. The summed E-state index contributed by atoms with van der Waals surface area (Å²) in [7, 11) is 2.77. The summed E-state index contributed by atoms with van der Waals surface area (Å²) in [6.45, 7) is 7.01. The van der Waals surface area contributed by atoms with Crippen LogP contribution in [0.1, 0.15) is 0 Å². The van der Waals surface area contributed by atoms with E-state index in [9.17, 15) is 0 Å². The van der Waals surface area contributed by atoms with E-state index in [-0.39, 0.29) is 0 Å². The van der Waals surface area contributed by atoms with E-state index in [4.69, 9.17) is 0 Å². The van der Waals surface area contributed by atoms with Crippen molar-refractivity contribution in [2.75, 3.05) is 19.0 Å². The van der Waals surface area contributed by atoms with E-state index in [1.165, 1.54) is 16.4 Å². The number of para-hydroxylation sites is 1. The van der Waals surface area contributed by atoms with Gasteiger partial charge in [-0.1, -0.05) is 31.8 Å². The minimum Gasteiger partial charge on any atom is -0.376 e. The van der Waals surface area contributed by atoms with E-state index in [0.29, 0.717) is 0 Å². The zero-order valence-electron chi connectivity index (χ0n) is 10.6. The fourth-order valence-corrected chi connectivity index (χ4v) is 3.36. The highest BCUT2D eigenvalue weighted by atomic mass is 28.3. The normalized spacial score (nSPS) is 12.1. The van der Waals surface area contributed by atoms with Crippen LogP contribution in [0.5, 0.6) is 0 Å². The first kappa shape index (κ1) is 11.2. The lowest BCUT2D eigenvalue weighted by Gasteiger charge is -2.15. The molecule has 2 aromatic rings.